The molecule has 0 aliphatic carbocycles. The van der Waals surface area contributed by atoms with Crippen LogP contribution in [0.4, 0.5) is 5.69 Å². The molecular formula is C26H24N6O4. The van der Waals surface area contributed by atoms with E-state index in [0.29, 0.717) is 45.7 Å². The molecule has 182 valence electrons. The van der Waals surface area contributed by atoms with E-state index in [2.05, 4.69) is 20.4 Å². The number of imidazole rings is 1. The Morgan fingerprint density at radius 1 is 0.944 bits per heavy atom. The summed E-state index contributed by atoms with van der Waals surface area (Å²) in [6.45, 7) is 0. The summed E-state index contributed by atoms with van der Waals surface area (Å²) in [5.41, 5.74) is 3.69. The van der Waals surface area contributed by atoms with Crippen molar-refractivity contribution in [2.75, 3.05) is 26.6 Å². The molecule has 5 aromatic rings. The number of benzene rings is 2. The molecule has 0 saturated carbocycles. The molecule has 36 heavy (non-hydrogen) atoms. The Morgan fingerprint density at radius 2 is 1.75 bits per heavy atom. The fraction of sp³-hybridized carbons (Fsp3) is 0.154. The number of anilines is 1. The first-order valence-electron chi connectivity index (χ1n) is 11.1. The van der Waals surface area contributed by atoms with Gasteiger partial charge in [0.15, 0.2) is 0 Å². The number of ether oxygens (including phenoxy) is 3. The van der Waals surface area contributed by atoms with Gasteiger partial charge in [-0.1, -0.05) is 0 Å². The van der Waals surface area contributed by atoms with Crippen LogP contribution in [0.5, 0.6) is 17.2 Å². The normalized spacial score (nSPS) is 10.9. The number of aryl methyl sites for hydroxylation is 1. The molecule has 10 heteroatoms. The SMILES string of the molecule is COc1ccc(OC)c(-c2cc(C(=O)Nc3cc(-c4cn5cccnc5n4)ccc3OC)n(C)n2)c1. The number of carbonyl (C=O) groups is 1. The average molecular weight is 485 g/mol. The van der Waals surface area contributed by atoms with Gasteiger partial charge in [0, 0.05) is 36.8 Å². The second-order valence-corrected chi connectivity index (χ2v) is 7.93. The summed E-state index contributed by atoms with van der Waals surface area (Å²) in [4.78, 5) is 22.1. The molecule has 0 radical (unpaired) electrons. The quantitative estimate of drug-likeness (QED) is 0.371. The zero-order chi connectivity index (χ0) is 25.2. The number of aromatic nitrogens is 5. The minimum Gasteiger partial charge on any atom is -0.497 e. The molecule has 1 N–H and O–H groups in total. The van der Waals surface area contributed by atoms with E-state index < -0.39 is 0 Å². The molecule has 0 aliphatic rings. The van der Waals surface area contributed by atoms with Gasteiger partial charge in [-0.25, -0.2) is 9.97 Å². The summed E-state index contributed by atoms with van der Waals surface area (Å²) in [7, 11) is 6.44. The highest BCUT2D eigenvalue weighted by Gasteiger charge is 2.19. The second-order valence-electron chi connectivity index (χ2n) is 7.93. The maximum absolute atomic E-state index is 13.3. The number of rotatable bonds is 7. The van der Waals surface area contributed by atoms with Crippen molar-refractivity contribution in [3.63, 3.8) is 0 Å². The zero-order valence-electron chi connectivity index (χ0n) is 20.2. The van der Waals surface area contributed by atoms with E-state index >= 15 is 0 Å². The second kappa shape index (κ2) is 9.41. The number of fused-ring (bicyclic) bond motifs is 1. The van der Waals surface area contributed by atoms with E-state index in [4.69, 9.17) is 14.2 Å². The van der Waals surface area contributed by atoms with Crippen molar-refractivity contribution in [3.05, 3.63) is 72.8 Å². The van der Waals surface area contributed by atoms with Gasteiger partial charge in [0.25, 0.3) is 5.91 Å². The summed E-state index contributed by atoms with van der Waals surface area (Å²) in [6, 6.07) is 14.5. The lowest BCUT2D eigenvalue weighted by Crippen LogP contribution is -2.16. The van der Waals surface area contributed by atoms with Crippen LogP contribution in [-0.2, 0) is 7.05 Å². The summed E-state index contributed by atoms with van der Waals surface area (Å²) < 4.78 is 19.7. The van der Waals surface area contributed by atoms with Crippen molar-refractivity contribution in [3.8, 4) is 39.8 Å². The molecule has 0 spiro atoms. The number of hydrogen-bond donors (Lipinski definition) is 1. The van der Waals surface area contributed by atoms with Crippen LogP contribution in [0, 0.1) is 0 Å². The minimum absolute atomic E-state index is 0.342. The van der Waals surface area contributed by atoms with Gasteiger partial charge in [0.1, 0.15) is 22.9 Å². The Balaban J connectivity index is 1.47. The summed E-state index contributed by atoms with van der Waals surface area (Å²) >= 11 is 0. The topological polar surface area (TPSA) is 105 Å². The van der Waals surface area contributed by atoms with Crippen LogP contribution in [0.15, 0.2) is 67.1 Å². The van der Waals surface area contributed by atoms with Gasteiger partial charge in [0.2, 0.25) is 5.78 Å². The molecular weight excluding hydrogens is 460 g/mol. The first kappa shape index (κ1) is 22.9. The monoisotopic (exact) mass is 484 g/mol. The molecule has 0 bridgehead atoms. The smallest absolute Gasteiger partial charge is 0.274 e. The van der Waals surface area contributed by atoms with Crippen molar-refractivity contribution < 1.29 is 19.0 Å². The molecule has 3 aromatic heterocycles. The summed E-state index contributed by atoms with van der Waals surface area (Å²) in [5.74, 6) is 2.05. The molecule has 2 aromatic carbocycles. The first-order chi connectivity index (χ1) is 17.5. The van der Waals surface area contributed by atoms with Crippen LogP contribution >= 0.6 is 0 Å². The van der Waals surface area contributed by atoms with E-state index in [0.717, 1.165) is 11.3 Å². The third kappa shape index (κ3) is 4.20. The molecule has 10 nitrogen and oxygen atoms in total. The molecule has 0 unspecified atom stereocenters. The maximum Gasteiger partial charge on any atom is 0.274 e. The largest absolute Gasteiger partial charge is 0.497 e. The van der Waals surface area contributed by atoms with Crippen LogP contribution in [-0.4, -0.2) is 51.4 Å². The third-order valence-corrected chi connectivity index (χ3v) is 5.77. The van der Waals surface area contributed by atoms with Crippen molar-refractivity contribution in [2.24, 2.45) is 7.05 Å². The summed E-state index contributed by atoms with van der Waals surface area (Å²) in [6.07, 6.45) is 5.45. The highest BCUT2D eigenvalue weighted by molar-refractivity contribution is 6.05. The van der Waals surface area contributed by atoms with Crippen LogP contribution in [0.2, 0.25) is 0 Å². The zero-order valence-corrected chi connectivity index (χ0v) is 20.2. The minimum atomic E-state index is -0.342. The van der Waals surface area contributed by atoms with Crippen molar-refractivity contribution in [1.82, 2.24) is 24.1 Å². The van der Waals surface area contributed by atoms with Crippen LogP contribution in [0.3, 0.4) is 0 Å². The number of hydrogen-bond acceptors (Lipinski definition) is 7. The molecule has 0 saturated heterocycles. The Hall–Kier alpha value is -4.86. The molecule has 5 rings (SSSR count). The highest BCUT2D eigenvalue weighted by atomic mass is 16.5. The van der Waals surface area contributed by atoms with E-state index in [1.807, 2.05) is 41.1 Å². The van der Waals surface area contributed by atoms with E-state index in [1.165, 1.54) is 4.68 Å². The molecule has 1 amide bonds. The van der Waals surface area contributed by atoms with Gasteiger partial charge in [-0.15, -0.1) is 0 Å². The average Bonchev–Trinajstić information content (AvgIpc) is 3.52. The predicted molar refractivity (Wildman–Crippen MR) is 135 cm³/mol. The third-order valence-electron chi connectivity index (χ3n) is 5.77. The maximum atomic E-state index is 13.3. The van der Waals surface area contributed by atoms with Crippen molar-refractivity contribution in [2.45, 2.75) is 0 Å². The van der Waals surface area contributed by atoms with Crippen molar-refractivity contribution in [1.29, 1.82) is 0 Å². The fourth-order valence-electron chi connectivity index (χ4n) is 3.95. The van der Waals surface area contributed by atoms with Gasteiger partial charge < -0.3 is 19.5 Å². The van der Waals surface area contributed by atoms with Crippen molar-refractivity contribution >= 4 is 17.4 Å². The van der Waals surface area contributed by atoms with Crippen LogP contribution in [0.1, 0.15) is 10.5 Å². The van der Waals surface area contributed by atoms with Gasteiger partial charge in [0.05, 0.1) is 38.4 Å². The van der Waals surface area contributed by atoms with Gasteiger partial charge in [-0.3, -0.25) is 13.9 Å². The van der Waals surface area contributed by atoms with Gasteiger partial charge in [-0.2, -0.15) is 5.10 Å². The number of nitrogens with one attached hydrogen (secondary N) is 1. The van der Waals surface area contributed by atoms with Crippen LogP contribution in [0.25, 0.3) is 28.3 Å². The van der Waals surface area contributed by atoms with Gasteiger partial charge >= 0.3 is 0 Å². The Bertz CT molecular complexity index is 1540. The molecule has 0 fully saturated rings. The Kier molecular flexibility index (Phi) is 5.99. The lowest BCUT2D eigenvalue weighted by atomic mass is 10.1. The lowest BCUT2D eigenvalue weighted by molar-refractivity contribution is 0.101. The van der Waals surface area contributed by atoms with Gasteiger partial charge in [-0.05, 0) is 48.5 Å². The molecule has 0 atom stereocenters. The van der Waals surface area contributed by atoms with E-state index in [9.17, 15) is 4.79 Å². The molecule has 0 aliphatic heterocycles. The Labute approximate surface area is 207 Å². The lowest BCUT2D eigenvalue weighted by Gasteiger charge is -2.11. The Morgan fingerprint density at radius 3 is 2.50 bits per heavy atom. The number of nitrogens with zero attached hydrogens (tertiary/aromatic N) is 5. The fourth-order valence-corrected chi connectivity index (χ4v) is 3.95. The van der Waals surface area contributed by atoms with E-state index in [1.54, 1.807) is 58.8 Å². The van der Waals surface area contributed by atoms with Crippen LogP contribution < -0.4 is 19.5 Å². The first-order valence-corrected chi connectivity index (χ1v) is 11.1. The molecule has 3 heterocycles. The standard InChI is InChI=1S/C26H24N6O4/c1-31-22(14-19(30-31)18-13-17(34-2)7-9-23(18)35-3)25(33)28-20-12-16(6-8-24(20)36-4)21-15-32-11-5-10-27-26(32)29-21/h5-15H,1-4H3,(H,28,33). The number of methoxy groups -OCH3 is 3. The highest BCUT2D eigenvalue weighted by Crippen LogP contribution is 2.34. The van der Waals surface area contributed by atoms with E-state index in [-0.39, 0.29) is 5.91 Å². The number of amides is 1. The predicted octanol–water partition coefficient (Wildman–Crippen LogP) is 4.07. The summed E-state index contributed by atoms with van der Waals surface area (Å²) in [5, 5.41) is 7.48. The number of carbonyl (C=O) groups excluding carboxylic acids is 1.